The number of phenolic OH excluding ortho intramolecular Hbond substituents is 2. The zero-order chi connectivity index (χ0) is 25.9. The van der Waals surface area contributed by atoms with Crippen molar-refractivity contribution in [3.63, 3.8) is 0 Å². The van der Waals surface area contributed by atoms with E-state index >= 15 is 0 Å². The van der Waals surface area contributed by atoms with E-state index in [0.29, 0.717) is 18.0 Å². The van der Waals surface area contributed by atoms with Gasteiger partial charge in [0.1, 0.15) is 0 Å². The van der Waals surface area contributed by atoms with Crippen LogP contribution in [0, 0.1) is 11.8 Å². The smallest absolute Gasteiger partial charge is 0.164 e. The van der Waals surface area contributed by atoms with Crippen LogP contribution in [0.15, 0.2) is 24.3 Å². The molecule has 2 aromatic rings. The fourth-order valence-corrected chi connectivity index (χ4v) is 7.33. The van der Waals surface area contributed by atoms with Crippen LogP contribution in [0.5, 0.6) is 23.0 Å². The number of nitrogens with one attached hydrogen (secondary N) is 1. The van der Waals surface area contributed by atoms with Gasteiger partial charge in [0.15, 0.2) is 23.0 Å². The van der Waals surface area contributed by atoms with E-state index in [1.54, 1.807) is 20.3 Å². The Morgan fingerprint density at radius 1 is 0.897 bits per heavy atom. The van der Waals surface area contributed by atoms with Crippen molar-refractivity contribution in [1.29, 1.82) is 0 Å². The van der Waals surface area contributed by atoms with Crippen LogP contribution in [0.2, 0.25) is 0 Å². The summed E-state index contributed by atoms with van der Waals surface area (Å²) in [6.07, 6.45) is 10.5. The summed E-state index contributed by atoms with van der Waals surface area (Å²) in [5, 5.41) is 23.3. The standard InChI is InChI=1S/C16H23NO2.C15H21NO2.BrH.ClH/c1-2-7-17-8-3-4-12-9-13-11(10-14(12)17)5-6-15(18)16(13)19;1-17-14-6-5-10-9-13-11(4-3-7-16-13)8-12(10)15(14)18-2;;/h5-6,12,14,18-19H,2-4,7-10H2,1H3;5-6,11,13,16H,3-4,7-9H2,1-2H3;2*1H/t12-,14-;11-,13-;;/m00../s1. The van der Waals surface area contributed by atoms with E-state index in [1.165, 1.54) is 68.4 Å². The predicted octanol–water partition coefficient (Wildman–Crippen LogP) is 5.86. The molecular weight excluding hydrogens is 580 g/mol. The van der Waals surface area contributed by atoms with Crippen molar-refractivity contribution in [2.75, 3.05) is 33.9 Å². The van der Waals surface area contributed by atoms with Gasteiger partial charge in [-0.2, -0.15) is 0 Å². The Bertz CT molecular complexity index is 1100. The number of phenols is 2. The second-order valence-electron chi connectivity index (χ2n) is 11.3. The van der Waals surface area contributed by atoms with Gasteiger partial charge in [0.2, 0.25) is 0 Å². The maximum absolute atomic E-state index is 10.0. The number of methoxy groups -OCH3 is 2. The molecule has 3 N–H and O–H groups in total. The lowest BCUT2D eigenvalue weighted by Gasteiger charge is -2.44. The molecule has 0 saturated carbocycles. The summed E-state index contributed by atoms with van der Waals surface area (Å²) in [6.45, 7) is 5.81. The molecule has 8 heteroatoms. The molecule has 0 radical (unpaired) electrons. The fraction of sp³-hybridized carbons (Fsp3) is 0.613. The second-order valence-corrected chi connectivity index (χ2v) is 11.3. The van der Waals surface area contributed by atoms with E-state index < -0.39 is 0 Å². The van der Waals surface area contributed by atoms with Crippen molar-refractivity contribution in [3.05, 3.63) is 46.5 Å². The van der Waals surface area contributed by atoms with Gasteiger partial charge in [-0.15, -0.1) is 29.4 Å². The first-order chi connectivity index (χ1) is 18.0. The molecular formula is C31H46BrClN2O4. The number of ether oxygens (including phenoxy) is 2. The Morgan fingerprint density at radius 2 is 1.62 bits per heavy atom. The first kappa shape index (κ1) is 31.9. The number of hydrogen-bond donors (Lipinski definition) is 3. The fourth-order valence-electron chi connectivity index (χ4n) is 7.33. The van der Waals surface area contributed by atoms with Gasteiger partial charge >= 0.3 is 0 Å². The SMILES string of the molecule is Br.CCCN1CCC[C@H]2Cc3c(ccc(O)c3O)C[C@@H]21.COc1ccc2c(c1OC)C[C@@H]1CCCN[C@H]1C2.Cl. The van der Waals surface area contributed by atoms with Crippen molar-refractivity contribution < 1.29 is 19.7 Å². The average molecular weight is 626 g/mol. The predicted molar refractivity (Wildman–Crippen MR) is 165 cm³/mol. The maximum Gasteiger partial charge on any atom is 0.164 e. The van der Waals surface area contributed by atoms with Crippen LogP contribution in [0.1, 0.15) is 61.3 Å². The number of hydrogen-bond acceptors (Lipinski definition) is 6. The molecule has 4 atom stereocenters. The van der Waals surface area contributed by atoms with E-state index in [9.17, 15) is 10.2 Å². The number of piperidine rings is 2. The molecule has 218 valence electrons. The molecule has 0 amide bonds. The summed E-state index contributed by atoms with van der Waals surface area (Å²) < 4.78 is 11.0. The van der Waals surface area contributed by atoms with Gasteiger partial charge in [-0.1, -0.05) is 19.1 Å². The minimum absolute atomic E-state index is 0. The lowest BCUT2D eigenvalue weighted by Crippen LogP contribution is -2.49. The molecule has 2 heterocycles. The third-order valence-electron chi connectivity index (χ3n) is 9.18. The van der Waals surface area contributed by atoms with E-state index in [-0.39, 0.29) is 40.9 Å². The Morgan fingerprint density at radius 3 is 2.36 bits per heavy atom. The number of likely N-dealkylation sites (tertiary alicyclic amines) is 1. The number of halogens is 2. The van der Waals surface area contributed by atoms with Gasteiger partial charge in [0, 0.05) is 23.2 Å². The summed E-state index contributed by atoms with van der Waals surface area (Å²) in [4.78, 5) is 2.63. The average Bonchev–Trinajstić information content (AvgIpc) is 2.93. The number of nitrogens with zero attached hydrogens (tertiary/aromatic N) is 1. The van der Waals surface area contributed by atoms with Gasteiger partial charge in [0.05, 0.1) is 14.2 Å². The Balaban J connectivity index is 0.000000205. The summed E-state index contributed by atoms with van der Waals surface area (Å²) in [5.74, 6) is 3.34. The molecule has 0 aromatic heterocycles. The molecule has 2 saturated heterocycles. The highest BCUT2D eigenvalue weighted by Gasteiger charge is 2.36. The van der Waals surface area contributed by atoms with Gasteiger partial charge in [-0.05, 0) is 113 Å². The number of rotatable bonds is 4. The van der Waals surface area contributed by atoms with Crippen LogP contribution in [0.25, 0.3) is 0 Å². The van der Waals surface area contributed by atoms with Crippen LogP contribution in [-0.4, -0.2) is 61.1 Å². The van der Waals surface area contributed by atoms with E-state index in [0.717, 1.165) is 48.7 Å². The molecule has 6 nitrogen and oxygen atoms in total. The van der Waals surface area contributed by atoms with Crippen LogP contribution in [0.4, 0.5) is 0 Å². The lowest BCUT2D eigenvalue weighted by atomic mass is 9.75. The van der Waals surface area contributed by atoms with E-state index in [4.69, 9.17) is 9.47 Å². The van der Waals surface area contributed by atoms with Crippen molar-refractivity contribution in [3.8, 4) is 23.0 Å². The Hall–Kier alpha value is -1.67. The summed E-state index contributed by atoms with van der Waals surface area (Å²) in [5.41, 5.74) is 4.99. The highest BCUT2D eigenvalue weighted by atomic mass is 79.9. The third-order valence-corrected chi connectivity index (χ3v) is 9.18. The molecule has 4 aliphatic rings. The van der Waals surface area contributed by atoms with Gasteiger partial charge in [0.25, 0.3) is 0 Å². The van der Waals surface area contributed by atoms with Crippen molar-refractivity contribution >= 4 is 29.4 Å². The highest BCUT2D eigenvalue weighted by molar-refractivity contribution is 8.93. The van der Waals surface area contributed by atoms with Crippen molar-refractivity contribution in [2.45, 2.75) is 76.8 Å². The summed E-state index contributed by atoms with van der Waals surface area (Å²) in [6, 6.07) is 9.12. The lowest BCUT2D eigenvalue weighted by molar-refractivity contribution is 0.0848. The monoisotopic (exact) mass is 624 g/mol. The largest absolute Gasteiger partial charge is 0.504 e. The van der Waals surface area contributed by atoms with E-state index in [2.05, 4.69) is 23.2 Å². The number of aromatic hydroxyl groups is 2. The molecule has 2 fully saturated rings. The van der Waals surface area contributed by atoms with Gasteiger partial charge in [-0.25, -0.2) is 0 Å². The van der Waals surface area contributed by atoms with Crippen LogP contribution < -0.4 is 14.8 Å². The molecule has 0 unspecified atom stereocenters. The van der Waals surface area contributed by atoms with Crippen LogP contribution >= 0.6 is 29.4 Å². The Kier molecular flexibility index (Phi) is 11.7. The first-order valence-electron chi connectivity index (χ1n) is 14.3. The van der Waals surface area contributed by atoms with Gasteiger partial charge < -0.3 is 25.0 Å². The quantitative estimate of drug-likeness (QED) is 0.370. The molecule has 2 aliphatic heterocycles. The first-order valence-corrected chi connectivity index (χ1v) is 14.3. The molecule has 0 bridgehead atoms. The van der Waals surface area contributed by atoms with Gasteiger partial charge in [-0.3, -0.25) is 4.90 Å². The van der Waals surface area contributed by atoms with Crippen molar-refractivity contribution in [2.24, 2.45) is 11.8 Å². The molecule has 2 aliphatic carbocycles. The molecule has 39 heavy (non-hydrogen) atoms. The van der Waals surface area contributed by atoms with E-state index in [1.807, 2.05) is 12.1 Å². The Labute approximate surface area is 250 Å². The zero-order valence-electron chi connectivity index (χ0n) is 23.6. The third kappa shape index (κ3) is 6.64. The molecule has 2 aromatic carbocycles. The topological polar surface area (TPSA) is 74.2 Å². The van der Waals surface area contributed by atoms with Crippen molar-refractivity contribution in [1.82, 2.24) is 10.2 Å². The van der Waals surface area contributed by atoms with Crippen LogP contribution in [-0.2, 0) is 25.7 Å². The normalized spacial score (nSPS) is 25.1. The molecule has 6 rings (SSSR count). The highest BCUT2D eigenvalue weighted by Crippen LogP contribution is 2.42. The maximum atomic E-state index is 10.0. The minimum atomic E-state index is 0. The molecule has 0 spiro atoms. The van der Waals surface area contributed by atoms with Crippen LogP contribution in [0.3, 0.4) is 0 Å². The number of benzene rings is 2. The summed E-state index contributed by atoms with van der Waals surface area (Å²) in [7, 11) is 3.45. The zero-order valence-corrected chi connectivity index (χ0v) is 26.1. The minimum Gasteiger partial charge on any atom is -0.504 e. The summed E-state index contributed by atoms with van der Waals surface area (Å²) >= 11 is 0. The number of fused-ring (bicyclic) bond motifs is 4. The second kappa shape index (κ2) is 14.3.